The van der Waals surface area contributed by atoms with E-state index in [-0.39, 0.29) is 12.8 Å². The van der Waals surface area contributed by atoms with Crippen molar-refractivity contribution in [2.45, 2.75) is 37.8 Å². The summed E-state index contributed by atoms with van der Waals surface area (Å²) in [7, 11) is 0. The van der Waals surface area contributed by atoms with Gasteiger partial charge in [0.2, 0.25) is 0 Å². The molecule has 2 nitrogen and oxygen atoms in total. The van der Waals surface area contributed by atoms with E-state index in [4.69, 9.17) is 5.26 Å². The van der Waals surface area contributed by atoms with E-state index in [1.54, 1.807) is 6.07 Å². The van der Waals surface area contributed by atoms with Crippen molar-refractivity contribution in [3.05, 3.63) is 29.3 Å². The van der Waals surface area contributed by atoms with Crippen molar-refractivity contribution < 1.29 is 13.2 Å². The van der Waals surface area contributed by atoms with E-state index in [9.17, 15) is 13.2 Å². The van der Waals surface area contributed by atoms with Crippen molar-refractivity contribution in [3.8, 4) is 6.07 Å². The van der Waals surface area contributed by atoms with E-state index in [0.717, 1.165) is 24.1 Å². The minimum Gasteiger partial charge on any atom is -0.371 e. The van der Waals surface area contributed by atoms with Crippen molar-refractivity contribution >= 4 is 5.69 Å². The number of nitrogens with zero attached hydrogens (tertiary/aromatic N) is 2. The van der Waals surface area contributed by atoms with Crippen LogP contribution in [0.4, 0.5) is 18.9 Å². The Bertz CT molecular complexity index is 562. The molecule has 21 heavy (non-hydrogen) atoms. The van der Waals surface area contributed by atoms with Crippen molar-refractivity contribution in [3.63, 3.8) is 0 Å². The van der Waals surface area contributed by atoms with Gasteiger partial charge in [-0.25, -0.2) is 0 Å². The Balaban J connectivity index is 1.78. The van der Waals surface area contributed by atoms with Gasteiger partial charge in [-0.3, -0.25) is 0 Å². The average Bonchev–Trinajstić information content (AvgIpc) is 3.30. The van der Waals surface area contributed by atoms with Crippen LogP contribution in [-0.2, 0) is 0 Å². The molecule has 0 spiro atoms. The van der Waals surface area contributed by atoms with Gasteiger partial charge in [0.1, 0.15) is 0 Å². The molecular formula is C16H17F3N2. The molecule has 1 saturated carbocycles. The third kappa shape index (κ3) is 2.99. The Morgan fingerprint density at radius 1 is 1.10 bits per heavy atom. The molecule has 1 aliphatic carbocycles. The van der Waals surface area contributed by atoms with Gasteiger partial charge < -0.3 is 4.90 Å². The number of alkyl halides is 3. The second-order valence-electron chi connectivity index (χ2n) is 5.96. The maximum atomic E-state index is 12.7. The van der Waals surface area contributed by atoms with Gasteiger partial charge in [-0.05, 0) is 55.4 Å². The monoisotopic (exact) mass is 294 g/mol. The third-order valence-electron chi connectivity index (χ3n) is 4.47. The molecule has 1 aromatic carbocycles. The summed E-state index contributed by atoms with van der Waals surface area (Å²) in [5.41, 5.74) is 2.79. The number of rotatable bonds is 2. The zero-order chi connectivity index (χ0) is 15.0. The lowest BCUT2D eigenvalue weighted by atomic mass is 9.94. The normalized spacial score (nSPS) is 20.4. The zero-order valence-corrected chi connectivity index (χ0v) is 11.7. The summed E-state index contributed by atoms with van der Waals surface area (Å²) in [6, 6.07) is 7.71. The van der Waals surface area contributed by atoms with Crippen molar-refractivity contribution in [1.29, 1.82) is 5.26 Å². The molecular weight excluding hydrogens is 277 g/mol. The topological polar surface area (TPSA) is 27.0 Å². The Morgan fingerprint density at radius 3 is 2.29 bits per heavy atom. The largest absolute Gasteiger partial charge is 0.391 e. The second kappa shape index (κ2) is 5.25. The summed E-state index contributed by atoms with van der Waals surface area (Å²) in [4.78, 5) is 2.05. The van der Waals surface area contributed by atoms with Gasteiger partial charge in [0.25, 0.3) is 0 Å². The summed E-state index contributed by atoms with van der Waals surface area (Å²) in [6.07, 6.45) is -1.53. The lowest BCUT2D eigenvalue weighted by Crippen LogP contribution is -2.39. The van der Waals surface area contributed by atoms with Crippen LogP contribution in [0.15, 0.2) is 18.2 Å². The number of anilines is 1. The first-order valence-electron chi connectivity index (χ1n) is 7.34. The minimum absolute atomic E-state index is 0.160. The lowest BCUT2D eigenvalue weighted by molar-refractivity contribution is -0.179. The molecule has 1 saturated heterocycles. The number of hydrogen-bond acceptors (Lipinski definition) is 2. The number of piperidine rings is 1. The molecule has 0 unspecified atom stereocenters. The molecule has 1 aromatic rings. The summed E-state index contributed by atoms with van der Waals surface area (Å²) in [6.45, 7) is 0.881. The fraction of sp³-hybridized carbons (Fsp3) is 0.562. The number of benzene rings is 1. The van der Waals surface area contributed by atoms with Crippen molar-refractivity contribution in [1.82, 2.24) is 0 Å². The molecule has 0 aromatic heterocycles. The summed E-state index contributed by atoms with van der Waals surface area (Å²) in [5.74, 6) is -0.690. The van der Waals surface area contributed by atoms with Gasteiger partial charge in [-0.1, -0.05) is 0 Å². The maximum absolute atomic E-state index is 12.7. The molecule has 3 rings (SSSR count). The highest BCUT2D eigenvalue weighted by Gasteiger charge is 2.41. The van der Waals surface area contributed by atoms with Gasteiger partial charge in [0, 0.05) is 18.8 Å². The van der Waals surface area contributed by atoms with Crippen LogP contribution in [0, 0.1) is 17.2 Å². The first-order chi connectivity index (χ1) is 9.99. The molecule has 2 aliphatic rings. The highest BCUT2D eigenvalue weighted by atomic mass is 19.4. The second-order valence-corrected chi connectivity index (χ2v) is 5.96. The van der Waals surface area contributed by atoms with Crippen LogP contribution >= 0.6 is 0 Å². The van der Waals surface area contributed by atoms with Gasteiger partial charge in [-0.2, -0.15) is 18.4 Å². The highest BCUT2D eigenvalue weighted by Crippen LogP contribution is 2.45. The van der Waals surface area contributed by atoms with E-state index >= 15 is 0 Å². The highest BCUT2D eigenvalue weighted by molar-refractivity contribution is 5.59. The number of halogens is 3. The van der Waals surface area contributed by atoms with E-state index in [1.165, 1.54) is 0 Å². The first-order valence-corrected chi connectivity index (χ1v) is 7.34. The third-order valence-corrected chi connectivity index (χ3v) is 4.47. The average molecular weight is 294 g/mol. The molecule has 1 aliphatic heterocycles. The fourth-order valence-corrected chi connectivity index (χ4v) is 3.08. The first kappa shape index (κ1) is 14.2. The van der Waals surface area contributed by atoms with Crippen LogP contribution in [0.5, 0.6) is 0 Å². The number of nitriles is 1. The molecule has 112 valence electrons. The van der Waals surface area contributed by atoms with Crippen LogP contribution in [0.25, 0.3) is 0 Å². The van der Waals surface area contributed by atoms with Gasteiger partial charge in [0.05, 0.1) is 17.6 Å². The van der Waals surface area contributed by atoms with E-state index in [2.05, 4.69) is 11.0 Å². The Labute approximate surface area is 122 Å². The predicted octanol–water partition coefficient (Wildman–Crippen LogP) is 4.21. The van der Waals surface area contributed by atoms with Crippen LogP contribution in [-0.4, -0.2) is 19.3 Å². The summed E-state index contributed by atoms with van der Waals surface area (Å²) in [5, 5.41) is 9.00. The van der Waals surface area contributed by atoms with Crippen LogP contribution in [0.2, 0.25) is 0 Å². The Kier molecular flexibility index (Phi) is 3.56. The number of hydrogen-bond donors (Lipinski definition) is 0. The molecule has 0 amide bonds. The zero-order valence-electron chi connectivity index (χ0n) is 11.7. The summed E-state index contributed by atoms with van der Waals surface area (Å²) < 4.78 is 38.2. The van der Waals surface area contributed by atoms with Gasteiger partial charge in [-0.15, -0.1) is 0 Å². The predicted molar refractivity (Wildman–Crippen MR) is 74.1 cm³/mol. The summed E-state index contributed by atoms with van der Waals surface area (Å²) >= 11 is 0. The standard InChI is InChI=1S/C16H17F3N2/c17-16(18,19)13-5-7-21(8-6-13)15-4-1-11(10-20)9-14(15)12-2-3-12/h1,4,9,12-13H,2-3,5-8H2. The Hall–Kier alpha value is -1.70. The SMILES string of the molecule is N#Cc1ccc(N2CCC(C(F)(F)F)CC2)c(C2CC2)c1. The van der Waals surface area contributed by atoms with E-state index < -0.39 is 12.1 Å². The molecule has 5 heteroatoms. The van der Waals surface area contributed by atoms with Crippen molar-refractivity contribution in [2.75, 3.05) is 18.0 Å². The fourth-order valence-electron chi connectivity index (χ4n) is 3.08. The molecule has 2 fully saturated rings. The van der Waals surface area contributed by atoms with Gasteiger partial charge >= 0.3 is 6.18 Å². The Morgan fingerprint density at radius 2 is 1.76 bits per heavy atom. The molecule has 0 atom stereocenters. The molecule has 1 heterocycles. The van der Waals surface area contributed by atoms with E-state index in [1.807, 2.05) is 12.1 Å². The minimum atomic E-state index is -4.07. The van der Waals surface area contributed by atoms with Crippen LogP contribution in [0.1, 0.15) is 42.7 Å². The van der Waals surface area contributed by atoms with E-state index in [0.29, 0.717) is 24.6 Å². The van der Waals surface area contributed by atoms with Crippen LogP contribution < -0.4 is 4.90 Å². The quantitative estimate of drug-likeness (QED) is 0.816. The van der Waals surface area contributed by atoms with Gasteiger partial charge in [0.15, 0.2) is 0 Å². The maximum Gasteiger partial charge on any atom is 0.391 e. The lowest BCUT2D eigenvalue weighted by Gasteiger charge is -2.35. The molecule has 0 bridgehead atoms. The smallest absolute Gasteiger partial charge is 0.371 e. The van der Waals surface area contributed by atoms with Crippen molar-refractivity contribution in [2.24, 2.45) is 5.92 Å². The molecule has 0 radical (unpaired) electrons. The van der Waals surface area contributed by atoms with Crippen LogP contribution in [0.3, 0.4) is 0 Å². The molecule has 0 N–H and O–H groups in total.